The molecule has 2 fully saturated rings. The molecule has 3 nitrogen and oxygen atoms in total. The van der Waals surface area contributed by atoms with Gasteiger partial charge in [-0.3, -0.25) is 4.79 Å². The van der Waals surface area contributed by atoms with E-state index in [2.05, 4.69) is 27.4 Å². The molecule has 0 spiro atoms. The molecule has 5 atom stereocenters. The van der Waals surface area contributed by atoms with Crippen LogP contribution in [0.1, 0.15) is 52.9 Å². The van der Waals surface area contributed by atoms with Crippen molar-refractivity contribution in [2.24, 2.45) is 23.2 Å². The monoisotopic (exact) mass is 306 g/mol. The molecule has 2 rings (SSSR count). The molecule has 0 aromatic carbocycles. The topological polar surface area (TPSA) is 57.5 Å². The largest absolute Gasteiger partial charge is 0.392 e. The number of hydrogen-bond acceptors (Lipinski definition) is 3. The molecule has 0 bridgehead atoms. The fraction of sp³-hybridized carbons (Fsp3) is 0.737. The summed E-state index contributed by atoms with van der Waals surface area (Å²) in [5, 5.41) is 20.5. The minimum Gasteiger partial charge on any atom is -0.392 e. The maximum atomic E-state index is 12.0. The van der Waals surface area contributed by atoms with E-state index in [1.165, 1.54) is 0 Å². The van der Waals surface area contributed by atoms with Gasteiger partial charge in [0.05, 0.1) is 12.2 Å². The Balaban J connectivity index is 1.97. The number of fused-ring (bicyclic) bond motifs is 1. The van der Waals surface area contributed by atoms with Crippen molar-refractivity contribution in [1.29, 1.82) is 0 Å². The van der Waals surface area contributed by atoms with Crippen molar-refractivity contribution in [2.45, 2.75) is 65.1 Å². The molecular formula is C19H30O3. The summed E-state index contributed by atoms with van der Waals surface area (Å²) in [6, 6.07) is 0. The van der Waals surface area contributed by atoms with E-state index in [4.69, 9.17) is 0 Å². The molecule has 0 saturated heterocycles. The molecule has 22 heavy (non-hydrogen) atoms. The summed E-state index contributed by atoms with van der Waals surface area (Å²) < 4.78 is 0. The standard InChI is InChI=1S/C19H30O3/c1-5-8-19(3,4)11-13(20)6-7-14-15-9-12(2)18(22)16(15)10-17(14)21/h6-7,13-17,20-21H,2,5,8-11H2,1,3-4H3/b7-6+/t13-,14+,15+,16+,17-/m1/s1. The number of carbonyl (C=O) groups excluding carboxylic acids is 1. The van der Waals surface area contributed by atoms with Crippen LogP contribution in [0.25, 0.3) is 0 Å². The third kappa shape index (κ3) is 3.69. The Morgan fingerprint density at radius 2 is 2.14 bits per heavy atom. The lowest BCUT2D eigenvalue weighted by Crippen LogP contribution is -2.21. The summed E-state index contributed by atoms with van der Waals surface area (Å²) >= 11 is 0. The van der Waals surface area contributed by atoms with Gasteiger partial charge in [0.1, 0.15) is 0 Å². The van der Waals surface area contributed by atoms with Crippen LogP contribution < -0.4 is 0 Å². The van der Waals surface area contributed by atoms with Gasteiger partial charge in [0.25, 0.3) is 0 Å². The van der Waals surface area contributed by atoms with Crippen LogP contribution in [0.4, 0.5) is 0 Å². The van der Waals surface area contributed by atoms with Crippen molar-refractivity contribution in [1.82, 2.24) is 0 Å². The van der Waals surface area contributed by atoms with Crippen molar-refractivity contribution in [2.75, 3.05) is 0 Å². The first-order chi connectivity index (χ1) is 10.2. The van der Waals surface area contributed by atoms with Gasteiger partial charge < -0.3 is 10.2 Å². The summed E-state index contributed by atoms with van der Waals surface area (Å²) in [5.74, 6) is 0.203. The third-order valence-electron chi connectivity index (χ3n) is 5.36. The number of carbonyl (C=O) groups is 1. The van der Waals surface area contributed by atoms with Gasteiger partial charge in [0.2, 0.25) is 0 Å². The van der Waals surface area contributed by atoms with Crippen LogP contribution in [0.15, 0.2) is 24.3 Å². The number of aliphatic hydroxyl groups is 2. The van der Waals surface area contributed by atoms with Crippen LogP contribution in [-0.2, 0) is 4.79 Å². The summed E-state index contributed by atoms with van der Waals surface area (Å²) in [4.78, 5) is 12.0. The Hall–Kier alpha value is -0.930. The third-order valence-corrected chi connectivity index (χ3v) is 5.36. The second-order valence-electron chi connectivity index (χ2n) is 7.89. The van der Waals surface area contributed by atoms with E-state index in [1.807, 2.05) is 12.2 Å². The zero-order valence-electron chi connectivity index (χ0n) is 14.1. The Bertz CT molecular complexity index is 463. The van der Waals surface area contributed by atoms with Crippen molar-refractivity contribution < 1.29 is 15.0 Å². The van der Waals surface area contributed by atoms with Crippen LogP contribution in [0, 0.1) is 23.2 Å². The Kier molecular flexibility index (Phi) is 5.29. The van der Waals surface area contributed by atoms with Crippen molar-refractivity contribution >= 4 is 5.78 Å². The van der Waals surface area contributed by atoms with Crippen LogP contribution >= 0.6 is 0 Å². The van der Waals surface area contributed by atoms with Crippen molar-refractivity contribution in [3.8, 4) is 0 Å². The molecule has 2 aliphatic rings. The number of aliphatic hydroxyl groups excluding tert-OH is 2. The Labute approximate surface area is 134 Å². The highest BCUT2D eigenvalue weighted by Crippen LogP contribution is 2.48. The van der Waals surface area contributed by atoms with E-state index in [-0.39, 0.29) is 29.0 Å². The number of allylic oxidation sites excluding steroid dienone is 1. The SMILES string of the molecule is C=C1C[C@H]2[C@H](/C=C/[C@@H](O)CC(C)(C)CCC)[C@H](O)C[C@@H]2C1=O. The number of hydrogen-bond donors (Lipinski definition) is 2. The highest BCUT2D eigenvalue weighted by molar-refractivity contribution is 5.99. The average Bonchev–Trinajstić information content (AvgIpc) is 2.84. The van der Waals surface area contributed by atoms with E-state index in [0.717, 1.165) is 19.3 Å². The second-order valence-corrected chi connectivity index (χ2v) is 7.89. The van der Waals surface area contributed by atoms with Crippen LogP contribution in [0.3, 0.4) is 0 Å². The molecule has 0 aliphatic heterocycles. The van der Waals surface area contributed by atoms with Gasteiger partial charge in [-0.05, 0) is 42.6 Å². The number of ketones is 1. The predicted octanol–water partition coefficient (Wildman–Crippen LogP) is 3.26. The fourth-order valence-corrected chi connectivity index (χ4v) is 4.31. The first kappa shape index (κ1) is 17.4. The lowest BCUT2D eigenvalue weighted by molar-refractivity contribution is -0.118. The first-order valence-electron chi connectivity index (χ1n) is 8.51. The quantitative estimate of drug-likeness (QED) is 0.585. The molecule has 2 N–H and O–H groups in total. The van der Waals surface area contributed by atoms with E-state index in [9.17, 15) is 15.0 Å². The van der Waals surface area contributed by atoms with Gasteiger partial charge in [-0.15, -0.1) is 0 Å². The highest BCUT2D eigenvalue weighted by atomic mass is 16.3. The average molecular weight is 306 g/mol. The minimum absolute atomic E-state index is 0.0304. The number of rotatable bonds is 6. The predicted molar refractivity (Wildman–Crippen MR) is 88.3 cm³/mol. The van der Waals surface area contributed by atoms with E-state index < -0.39 is 12.2 Å². The van der Waals surface area contributed by atoms with Crippen LogP contribution in [-0.4, -0.2) is 28.2 Å². The molecule has 3 heteroatoms. The smallest absolute Gasteiger partial charge is 0.161 e. The summed E-state index contributed by atoms with van der Waals surface area (Å²) in [6.45, 7) is 10.3. The molecule has 2 aliphatic carbocycles. The lowest BCUT2D eigenvalue weighted by atomic mass is 9.82. The van der Waals surface area contributed by atoms with Gasteiger partial charge in [0.15, 0.2) is 5.78 Å². The molecule has 0 amide bonds. The molecule has 2 saturated carbocycles. The minimum atomic E-state index is -0.492. The van der Waals surface area contributed by atoms with Crippen LogP contribution in [0.5, 0.6) is 0 Å². The first-order valence-corrected chi connectivity index (χ1v) is 8.51. The molecule has 0 aromatic rings. The van der Waals surface area contributed by atoms with Crippen LogP contribution in [0.2, 0.25) is 0 Å². The second kappa shape index (κ2) is 6.67. The molecule has 0 unspecified atom stereocenters. The van der Waals surface area contributed by atoms with E-state index in [1.54, 1.807) is 0 Å². The van der Waals surface area contributed by atoms with Gasteiger partial charge in [-0.1, -0.05) is 45.9 Å². The normalized spacial score (nSPS) is 33.7. The van der Waals surface area contributed by atoms with E-state index >= 15 is 0 Å². The zero-order valence-corrected chi connectivity index (χ0v) is 14.1. The molecule has 0 radical (unpaired) electrons. The van der Waals surface area contributed by atoms with Gasteiger partial charge in [0, 0.05) is 11.8 Å². The van der Waals surface area contributed by atoms with Gasteiger partial charge in [-0.25, -0.2) is 0 Å². The van der Waals surface area contributed by atoms with Gasteiger partial charge in [-0.2, -0.15) is 0 Å². The maximum absolute atomic E-state index is 12.0. The number of Topliss-reactive ketones (excluding diaryl/α,β-unsaturated/α-hetero) is 1. The Morgan fingerprint density at radius 1 is 1.45 bits per heavy atom. The van der Waals surface area contributed by atoms with E-state index in [0.29, 0.717) is 18.4 Å². The molecule has 0 aromatic heterocycles. The Morgan fingerprint density at radius 3 is 2.77 bits per heavy atom. The summed E-state index contributed by atoms with van der Waals surface area (Å²) in [6.07, 6.45) is 6.93. The molecule has 124 valence electrons. The van der Waals surface area contributed by atoms with Gasteiger partial charge >= 0.3 is 0 Å². The lowest BCUT2D eigenvalue weighted by Gasteiger charge is -2.26. The maximum Gasteiger partial charge on any atom is 0.161 e. The summed E-state index contributed by atoms with van der Waals surface area (Å²) in [5.41, 5.74) is 0.817. The highest BCUT2D eigenvalue weighted by Gasteiger charge is 2.49. The summed E-state index contributed by atoms with van der Waals surface area (Å²) in [7, 11) is 0. The van der Waals surface area contributed by atoms with Crippen molar-refractivity contribution in [3.05, 3.63) is 24.3 Å². The molecule has 0 heterocycles. The fourth-order valence-electron chi connectivity index (χ4n) is 4.31. The zero-order chi connectivity index (χ0) is 16.5. The molecular weight excluding hydrogens is 276 g/mol. The van der Waals surface area contributed by atoms with Crippen molar-refractivity contribution in [3.63, 3.8) is 0 Å².